The molecule has 0 radical (unpaired) electrons. The molecule has 2 heteroatoms. The number of nitrogens with zero attached hydrogens (tertiary/aromatic N) is 1. The molecule has 0 aliphatic rings. The van der Waals surface area contributed by atoms with Crippen molar-refractivity contribution in [3.05, 3.63) is 53.1 Å². The van der Waals surface area contributed by atoms with Crippen LogP contribution in [0, 0.1) is 6.07 Å². The fourth-order valence-electron chi connectivity index (χ4n) is 1.48. The molecule has 2 rings (SSSR count). The van der Waals surface area contributed by atoms with Gasteiger partial charge < -0.3 is 4.42 Å². The highest BCUT2D eigenvalue weighted by molar-refractivity contribution is 5.66. The van der Waals surface area contributed by atoms with Crippen LogP contribution < -0.4 is 0 Å². The Bertz CT molecular complexity index is 503. The first-order chi connectivity index (χ1) is 7.92. The van der Waals surface area contributed by atoms with E-state index in [-0.39, 0.29) is 0 Å². The molecule has 1 aromatic carbocycles. The third-order valence-corrected chi connectivity index (χ3v) is 2.25. The monoisotopic (exact) mass is 212 g/mol. The molecule has 1 aromatic heterocycles. The lowest BCUT2D eigenvalue weighted by Crippen LogP contribution is -1.81. The fourth-order valence-corrected chi connectivity index (χ4v) is 1.48. The van der Waals surface area contributed by atoms with Gasteiger partial charge in [0.1, 0.15) is 11.3 Å². The van der Waals surface area contributed by atoms with E-state index in [2.05, 4.69) is 17.8 Å². The van der Waals surface area contributed by atoms with Crippen LogP contribution in [0.4, 0.5) is 0 Å². The van der Waals surface area contributed by atoms with Gasteiger partial charge in [0.05, 0.1) is 6.26 Å². The van der Waals surface area contributed by atoms with Gasteiger partial charge in [-0.1, -0.05) is 23.9 Å². The van der Waals surface area contributed by atoms with Crippen molar-refractivity contribution in [2.45, 2.75) is 13.3 Å². The Morgan fingerprint density at radius 3 is 2.81 bits per heavy atom. The minimum Gasteiger partial charge on any atom is -0.464 e. The lowest BCUT2D eigenvalue weighted by atomic mass is 10.1. The highest BCUT2D eigenvalue weighted by Gasteiger charge is 2.08. The second-order valence-corrected chi connectivity index (χ2v) is 3.52. The molecule has 0 aliphatic heterocycles. The molecule has 0 spiro atoms. The number of hydrogen-bond acceptors (Lipinski definition) is 1. The Hall–Kier alpha value is -2.01. The van der Waals surface area contributed by atoms with Gasteiger partial charge in [-0.2, -0.15) is 0 Å². The van der Waals surface area contributed by atoms with Gasteiger partial charge in [0.25, 0.3) is 6.54 Å². The molecule has 2 nitrogen and oxygen atoms in total. The zero-order chi connectivity index (χ0) is 11.2. The number of benzene rings is 1. The van der Waals surface area contributed by atoms with E-state index in [1.54, 1.807) is 6.26 Å². The molecule has 0 bridgehead atoms. The van der Waals surface area contributed by atoms with Crippen LogP contribution in [0.2, 0.25) is 0 Å². The summed E-state index contributed by atoms with van der Waals surface area (Å²) in [5, 5.41) is 0. The molecule has 0 N–H and O–H groups in total. The van der Waals surface area contributed by atoms with Crippen LogP contribution >= 0.6 is 0 Å². The smallest absolute Gasteiger partial charge is 0.311 e. The van der Waals surface area contributed by atoms with E-state index in [0.29, 0.717) is 0 Å². The molecule has 0 aliphatic carbocycles. The highest BCUT2D eigenvalue weighted by atomic mass is 16.3. The first kappa shape index (κ1) is 10.5. The summed E-state index contributed by atoms with van der Waals surface area (Å²) in [4.78, 5) is 4.24. The van der Waals surface area contributed by atoms with Gasteiger partial charge in [0.2, 0.25) is 0 Å². The van der Waals surface area contributed by atoms with Crippen molar-refractivity contribution < 1.29 is 4.42 Å². The van der Waals surface area contributed by atoms with Gasteiger partial charge in [-0.05, 0) is 24.3 Å². The molecule has 0 amide bonds. The second kappa shape index (κ2) is 5.18. The third-order valence-electron chi connectivity index (χ3n) is 2.25. The number of rotatable bonds is 2. The summed E-state index contributed by atoms with van der Waals surface area (Å²) in [6.45, 7) is 2.91. The molecule has 0 unspecified atom stereocenters. The molecule has 0 saturated heterocycles. The fraction of sp³-hybridized carbons (Fsp3) is 0.214. The first-order valence-electron chi connectivity index (χ1n) is 5.47. The molecule has 1 heterocycles. The van der Waals surface area contributed by atoms with Crippen molar-refractivity contribution in [2.24, 2.45) is 0 Å². The van der Waals surface area contributed by atoms with Gasteiger partial charge in [-0.3, -0.25) is 0 Å². The van der Waals surface area contributed by atoms with E-state index in [1.807, 2.05) is 36.4 Å². The largest absolute Gasteiger partial charge is 0.464 e. The number of hydrogen-bond donors (Lipinski definition) is 0. The Balaban J connectivity index is 2.36. The lowest BCUT2D eigenvalue weighted by Gasteiger charge is -1.96. The number of furan rings is 1. The Morgan fingerprint density at radius 2 is 2.06 bits per heavy atom. The lowest BCUT2D eigenvalue weighted by molar-refractivity contribution is 0.582. The summed E-state index contributed by atoms with van der Waals surface area (Å²) < 4.78 is 5.38. The van der Waals surface area contributed by atoms with E-state index in [1.165, 1.54) is 0 Å². The Morgan fingerprint density at radius 1 is 1.19 bits per heavy atom. The van der Waals surface area contributed by atoms with Crippen molar-refractivity contribution in [1.29, 1.82) is 0 Å². The molecular weight excluding hydrogens is 198 g/mol. The minimum absolute atomic E-state index is 0.812. The van der Waals surface area contributed by atoms with Crippen LogP contribution in [0.15, 0.2) is 47.1 Å². The molecule has 2 aromatic rings. The minimum atomic E-state index is 0.812. The van der Waals surface area contributed by atoms with E-state index in [9.17, 15) is 0 Å². The van der Waals surface area contributed by atoms with E-state index < -0.39 is 0 Å². The van der Waals surface area contributed by atoms with Crippen molar-refractivity contribution in [2.75, 3.05) is 6.54 Å². The van der Waals surface area contributed by atoms with Gasteiger partial charge in [-0.15, -0.1) is 0 Å². The van der Waals surface area contributed by atoms with E-state index >= 15 is 0 Å². The summed E-state index contributed by atoms with van der Waals surface area (Å²) in [6, 6.07) is 14.9. The van der Waals surface area contributed by atoms with Crippen molar-refractivity contribution in [3.63, 3.8) is 0 Å². The molecular formula is C14H14NO+. The van der Waals surface area contributed by atoms with E-state index in [4.69, 9.17) is 4.42 Å². The standard InChI is InChI=1S/C14H14NO/c1-2-9-15-11-12-6-3-4-7-13(12)14-8-5-10-16-14/h3-8,10H,2,9H2,1H3/q+1. The van der Waals surface area contributed by atoms with Gasteiger partial charge in [-0.25, -0.2) is 0 Å². The van der Waals surface area contributed by atoms with Gasteiger partial charge in [0, 0.05) is 12.0 Å². The van der Waals surface area contributed by atoms with Crippen LogP contribution in [0.5, 0.6) is 0 Å². The zero-order valence-corrected chi connectivity index (χ0v) is 9.31. The Kier molecular flexibility index (Phi) is 3.40. The van der Waals surface area contributed by atoms with Crippen molar-refractivity contribution in [1.82, 2.24) is 0 Å². The normalized spacial score (nSPS) is 9.56. The van der Waals surface area contributed by atoms with Crippen LogP contribution in [-0.4, -0.2) is 6.54 Å². The second-order valence-electron chi connectivity index (χ2n) is 3.52. The summed E-state index contributed by atoms with van der Waals surface area (Å²) >= 11 is 0. The summed E-state index contributed by atoms with van der Waals surface area (Å²) in [6.07, 6.45) is 2.71. The molecule has 0 fully saturated rings. The van der Waals surface area contributed by atoms with Gasteiger partial charge in [0.15, 0.2) is 0 Å². The summed E-state index contributed by atoms with van der Waals surface area (Å²) in [5.41, 5.74) is 2.01. The van der Waals surface area contributed by atoms with Crippen LogP contribution in [0.1, 0.15) is 18.9 Å². The van der Waals surface area contributed by atoms with Gasteiger partial charge >= 0.3 is 6.07 Å². The summed E-state index contributed by atoms with van der Waals surface area (Å²) in [5.74, 6) is 0.856. The molecule has 80 valence electrons. The van der Waals surface area contributed by atoms with Crippen molar-refractivity contribution >= 4 is 0 Å². The first-order valence-corrected chi connectivity index (χ1v) is 5.47. The Labute approximate surface area is 95.3 Å². The molecule has 16 heavy (non-hydrogen) atoms. The summed E-state index contributed by atoms with van der Waals surface area (Å²) in [7, 11) is 0. The maximum absolute atomic E-state index is 5.38. The maximum Gasteiger partial charge on any atom is 0.311 e. The van der Waals surface area contributed by atoms with Crippen LogP contribution in [-0.2, 0) is 0 Å². The van der Waals surface area contributed by atoms with Crippen molar-refractivity contribution in [3.8, 4) is 17.4 Å². The zero-order valence-electron chi connectivity index (χ0n) is 9.31. The van der Waals surface area contributed by atoms with Crippen LogP contribution in [0.25, 0.3) is 16.2 Å². The molecule has 0 atom stereocenters. The quantitative estimate of drug-likeness (QED) is 0.734. The van der Waals surface area contributed by atoms with E-state index in [0.717, 1.165) is 29.9 Å². The predicted octanol–water partition coefficient (Wildman–Crippen LogP) is 4.04. The third kappa shape index (κ3) is 2.32. The topological polar surface area (TPSA) is 17.5 Å². The molecule has 0 saturated carbocycles. The SMILES string of the molecule is CCC[N+]#Cc1ccccc1-c1ccco1. The predicted molar refractivity (Wildman–Crippen MR) is 65.7 cm³/mol. The van der Waals surface area contributed by atoms with Crippen LogP contribution in [0.3, 0.4) is 0 Å². The maximum atomic E-state index is 5.38. The average Bonchev–Trinajstić information content (AvgIpc) is 2.83. The average molecular weight is 212 g/mol. The highest BCUT2D eigenvalue weighted by Crippen LogP contribution is 2.23.